The molecule has 0 fully saturated rings. The van der Waals surface area contributed by atoms with Gasteiger partial charge >= 0.3 is 15.6 Å². The fourth-order valence-corrected chi connectivity index (χ4v) is 7.62. The van der Waals surface area contributed by atoms with E-state index < -0.39 is 27.9 Å². The van der Waals surface area contributed by atoms with E-state index in [4.69, 9.17) is 9.05 Å². The molecule has 50 heavy (non-hydrogen) atoms. The topological polar surface area (TPSA) is 134 Å². The summed E-state index contributed by atoms with van der Waals surface area (Å²) in [7, 11) is -9.06. The minimum Gasteiger partial charge on any atom is -0.303 e. The van der Waals surface area contributed by atoms with Crippen molar-refractivity contribution in [1.29, 1.82) is 0 Å². The number of hydrogen-bond acceptors (Lipinski definition) is 4. The molecular weight excluding hydrogens is 670 g/mol. The summed E-state index contributed by atoms with van der Waals surface area (Å²) >= 11 is 0. The Bertz CT molecular complexity index is 1640. The summed E-state index contributed by atoms with van der Waals surface area (Å²) in [6.45, 7) is 20.5. The molecule has 0 aromatic rings. The number of rotatable bonds is 14. The average Bonchev–Trinajstić information content (AvgIpc) is 2.91. The average molecular weight is 729 g/mol. The molecule has 8 nitrogen and oxygen atoms in total. The maximum absolute atomic E-state index is 11.3. The molecule has 0 radical (unpaired) electrons. The lowest BCUT2D eigenvalue weighted by Gasteiger charge is -2.40. The van der Waals surface area contributed by atoms with Gasteiger partial charge in [-0.2, -0.15) is 0 Å². The summed E-state index contributed by atoms with van der Waals surface area (Å²) in [6, 6.07) is 0. The highest BCUT2D eigenvalue weighted by atomic mass is 31.2. The Labute approximate surface area is 300 Å². The molecule has 2 rings (SSSR count). The van der Waals surface area contributed by atoms with Gasteiger partial charge in [0.15, 0.2) is 0 Å². The summed E-state index contributed by atoms with van der Waals surface area (Å²) < 4.78 is 32.6. The van der Waals surface area contributed by atoms with Gasteiger partial charge in [-0.25, -0.2) is 9.13 Å². The zero-order chi connectivity index (χ0) is 37.9. The van der Waals surface area contributed by atoms with Crippen LogP contribution in [0, 0.1) is 16.7 Å². The first-order chi connectivity index (χ1) is 23.0. The standard InChI is InChI=1S/C40H58O8P2/c1-29(17-13-19-31(3)21-23-37-33(5)25-35(27-39(37,7)8)47-49(41,42)43)15-11-12-16-30(2)18-14-20-32(4)22-24-38-34(6)26-36(28-40(38,9)10)48-50(44,45)46/h11-25,35-37H,26-28H2,1-10H3,(H2,41,42,43)(H2,44,45,46)/b12-11+,17-13+,18-14+,23-21+,24-22+,29-15+,30-16+,31-19+,32-20+. The quantitative estimate of drug-likeness (QED) is 0.0789. The van der Waals surface area contributed by atoms with Crippen molar-refractivity contribution in [3.63, 3.8) is 0 Å². The first kappa shape index (κ1) is 43.5. The molecule has 0 spiro atoms. The van der Waals surface area contributed by atoms with Crippen LogP contribution < -0.4 is 0 Å². The maximum Gasteiger partial charge on any atom is 0.470 e. The summed E-state index contributed by atoms with van der Waals surface area (Å²) in [6.07, 6.45) is 31.1. The van der Waals surface area contributed by atoms with Crippen LogP contribution in [0.2, 0.25) is 0 Å². The summed E-state index contributed by atoms with van der Waals surface area (Å²) in [5.41, 5.74) is 7.23. The van der Waals surface area contributed by atoms with E-state index in [9.17, 15) is 28.7 Å². The van der Waals surface area contributed by atoms with Gasteiger partial charge in [0.2, 0.25) is 0 Å². The van der Waals surface area contributed by atoms with E-state index in [2.05, 4.69) is 88.5 Å². The van der Waals surface area contributed by atoms with E-state index in [1.54, 1.807) is 0 Å². The van der Waals surface area contributed by atoms with Gasteiger partial charge in [0.1, 0.15) is 0 Å². The second-order valence-corrected chi connectivity index (χ2v) is 17.2. The molecule has 3 unspecified atom stereocenters. The predicted octanol–water partition coefficient (Wildman–Crippen LogP) is 10.6. The Morgan fingerprint density at radius 2 is 1.20 bits per heavy atom. The zero-order valence-electron chi connectivity index (χ0n) is 31.3. The Kier molecular flexibility index (Phi) is 16.3. The Balaban J connectivity index is 1.93. The van der Waals surface area contributed by atoms with Gasteiger partial charge in [-0.05, 0) is 77.2 Å². The number of allylic oxidation sites excluding steroid dienone is 20. The second kappa shape index (κ2) is 18.7. The van der Waals surface area contributed by atoms with E-state index in [-0.39, 0.29) is 16.7 Å². The van der Waals surface area contributed by atoms with Gasteiger partial charge in [-0.3, -0.25) is 9.05 Å². The van der Waals surface area contributed by atoms with Crippen molar-refractivity contribution in [3.8, 4) is 0 Å². The van der Waals surface area contributed by atoms with E-state index >= 15 is 0 Å². The monoisotopic (exact) mass is 728 g/mol. The predicted molar refractivity (Wildman–Crippen MR) is 206 cm³/mol. The molecule has 0 aliphatic heterocycles. The molecule has 3 atom stereocenters. The molecule has 10 heteroatoms. The van der Waals surface area contributed by atoms with Crippen LogP contribution in [-0.2, 0) is 18.2 Å². The highest BCUT2D eigenvalue weighted by Crippen LogP contribution is 2.49. The van der Waals surface area contributed by atoms with Crippen molar-refractivity contribution in [2.75, 3.05) is 0 Å². The van der Waals surface area contributed by atoms with Crippen LogP contribution in [0.1, 0.15) is 88.5 Å². The number of phosphoric acid groups is 2. The Morgan fingerprint density at radius 3 is 1.68 bits per heavy atom. The third-order valence-corrected chi connectivity index (χ3v) is 9.98. The van der Waals surface area contributed by atoms with E-state index in [1.165, 1.54) is 5.57 Å². The van der Waals surface area contributed by atoms with Crippen LogP contribution >= 0.6 is 15.6 Å². The molecule has 2 aliphatic carbocycles. The van der Waals surface area contributed by atoms with Crippen LogP contribution in [0.3, 0.4) is 0 Å². The maximum atomic E-state index is 11.3. The smallest absolute Gasteiger partial charge is 0.303 e. The van der Waals surface area contributed by atoms with Crippen molar-refractivity contribution in [2.45, 2.75) is 101 Å². The number of phosphoric ester groups is 2. The summed E-state index contributed by atoms with van der Waals surface area (Å²) in [5.74, 6) is 0.140. The van der Waals surface area contributed by atoms with Crippen molar-refractivity contribution in [2.24, 2.45) is 16.7 Å². The highest BCUT2D eigenvalue weighted by Gasteiger charge is 2.38. The van der Waals surface area contributed by atoms with Gasteiger partial charge in [0.05, 0.1) is 12.2 Å². The molecule has 0 heterocycles. The van der Waals surface area contributed by atoms with Gasteiger partial charge in [-0.15, -0.1) is 0 Å². The molecule has 4 N–H and O–H groups in total. The SMILES string of the molecule is CC1=CC(OP(=O)(O)O)CC(C)(C)C1/C=C/C(C)=C/C=C/C(C)=C/C=C/C=C(C)/C=C/C=C(C)/C=C/C1=C(C)CC(OP(=O)(O)O)CC1(C)C. The van der Waals surface area contributed by atoms with Crippen LogP contribution in [0.4, 0.5) is 0 Å². The first-order valence-corrected chi connectivity index (χ1v) is 20.0. The van der Waals surface area contributed by atoms with Crippen molar-refractivity contribution < 1.29 is 37.8 Å². The zero-order valence-corrected chi connectivity index (χ0v) is 33.1. The minimum absolute atomic E-state index is 0.140. The molecular formula is C40H58O8P2. The lowest BCUT2D eigenvalue weighted by molar-refractivity contribution is 0.0952. The molecule has 0 bridgehead atoms. The molecule has 0 aromatic heterocycles. The van der Waals surface area contributed by atoms with Crippen molar-refractivity contribution in [1.82, 2.24) is 0 Å². The normalized spacial score (nSPS) is 24.9. The fourth-order valence-electron chi connectivity index (χ4n) is 6.59. The molecule has 0 saturated heterocycles. The highest BCUT2D eigenvalue weighted by molar-refractivity contribution is 7.46. The summed E-state index contributed by atoms with van der Waals surface area (Å²) in [5, 5.41) is 0. The van der Waals surface area contributed by atoms with E-state index in [0.29, 0.717) is 19.3 Å². The van der Waals surface area contributed by atoms with E-state index in [1.807, 2.05) is 71.9 Å². The first-order valence-electron chi connectivity index (χ1n) is 16.9. The van der Waals surface area contributed by atoms with Crippen LogP contribution in [0.25, 0.3) is 0 Å². The molecule has 2 aliphatic rings. The number of hydrogen-bond donors (Lipinski definition) is 4. The Hall–Kier alpha value is -2.64. The second-order valence-electron chi connectivity index (χ2n) is 14.9. The van der Waals surface area contributed by atoms with Crippen molar-refractivity contribution in [3.05, 3.63) is 130 Å². The van der Waals surface area contributed by atoms with Gasteiger partial charge in [-0.1, -0.05) is 152 Å². The third kappa shape index (κ3) is 16.1. The van der Waals surface area contributed by atoms with Crippen LogP contribution in [0.15, 0.2) is 130 Å². The molecule has 276 valence electrons. The van der Waals surface area contributed by atoms with Gasteiger partial charge in [0.25, 0.3) is 0 Å². The summed E-state index contributed by atoms with van der Waals surface area (Å²) in [4.78, 5) is 36.8. The lowest BCUT2D eigenvalue weighted by atomic mass is 9.67. The van der Waals surface area contributed by atoms with Crippen molar-refractivity contribution >= 4 is 15.6 Å². The molecule has 0 amide bonds. The lowest BCUT2D eigenvalue weighted by Crippen LogP contribution is -2.33. The largest absolute Gasteiger partial charge is 0.470 e. The molecule has 0 aromatic carbocycles. The fraction of sp³-hybridized carbons (Fsp3) is 0.450. The third-order valence-electron chi connectivity index (χ3n) is 8.86. The van der Waals surface area contributed by atoms with Crippen LogP contribution in [-0.4, -0.2) is 31.8 Å². The van der Waals surface area contributed by atoms with Crippen LogP contribution in [0.5, 0.6) is 0 Å². The minimum atomic E-state index is -4.54. The Morgan fingerprint density at radius 1 is 0.720 bits per heavy atom. The van der Waals surface area contributed by atoms with E-state index in [0.717, 1.165) is 33.4 Å². The van der Waals surface area contributed by atoms with Gasteiger partial charge < -0.3 is 19.6 Å². The molecule has 0 saturated carbocycles. The van der Waals surface area contributed by atoms with Gasteiger partial charge in [0, 0.05) is 5.92 Å².